The molecule has 0 spiro atoms. The normalized spacial score (nSPS) is 18.3. The Kier molecular flexibility index (Phi) is 4.45. The third-order valence-electron chi connectivity index (χ3n) is 4.12. The lowest BCUT2D eigenvalue weighted by Crippen LogP contribution is -2.41. The van der Waals surface area contributed by atoms with E-state index in [1.54, 1.807) is 11.1 Å². The first-order valence-corrected chi connectivity index (χ1v) is 8.29. The van der Waals surface area contributed by atoms with E-state index in [4.69, 9.17) is 4.74 Å². The standard InChI is InChI=1S/C17H24N4O3/c1-17(2,3)24-16(23)20-9-5-6-12(20)10-21-14(11-22)19-13-7-4-8-18-15(13)21/h4,7-8,12,22H,5-6,9-11H2,1-3H3/t12-/m1/s1. The van der Waals surface area contributed by atoms with Crippen LogP contribution in [0.3, 0.4) is 0 Å². The van der Waals surface area contributed by atoms with E-state index in [0.29, 0.717) is 18.9 Å². The van der Waals surface area contributed by atoms with Crippen LogP contribution in [0.5, 0.6) is 0 Å². The Balaban J connectivity index is 1.84. The summed E-state index contributed by atoms with van der Waals surface area (Å²) >= 11 is 0. The Hall–Kier alpha value is -2.15. The molecule has 0 radical (unpaired) electrons. The van der Waals surface area contributed by atoms with Crippen LogP contribution in [0.2, 0.25) is 0 Å². The average Bonchev–Trinajstić information content (AvgIpc) is 3.11. The molecular formula is C17H24N4O3. The van der Waals surface area contributed by atoms with Gasteiger partial charge in [-0.1, -0.05) is 0 Å². The number of rotatable bonds is 3. The van der Waals surface area contributed by atoms with Gasteiger partial charge in [0, 0.05) is 19.3 Å². The van der Waals surface area contributed by atoms with Gasteiger partial charge in [0.05, 0.1) is 6.04 Å². The summed E-state index contributed by atoms with van der Waals surface area (Å²) in [5, 5.41) is 9.60. The molecular weight excluding hydrogens is 308 g/mol. The summed E-state index contributed by atoms with van der Waals surface area (Å²) in [5.41, 5.74) is 0.977. The van der Waals surface area contributed by atoms with E-state index in [2.05, 4.69) is 9.97 Å². The molecule has 1 fully saturated rings. The van der Waals surface area contributed by atoms with Gasteiger partial charge in [0.25, 0.3) is 0 Å². The minimum absolute atomic E-state index is 0.0181. The minimum Gasteiger partial charge on any atom is -0.444 e. The number of likely N-dealkylation sites (tertiary alicyclic amines) is 1. The third kappa shape index (κ3) is 3.36. The maximum atomic E-state index is 12.4. The van der Waals surface area contributed by atoms with Crippen LogP contribution < -0.4 is 0 Å². The van der Waals surface area contributed by atoms with Crippen molar-refractivity contribution in [3.05, 3.63) is 24.2 Å². The predicted octanol–water partition coefficient (Wildman–Crippen LogP) is 2.32. The van der Waals surface area contributed by atoms with Gasteiger partial charge in [0.2, 0.25) is 0 Å². The van der Waals surface area contributed by atoms with Gasteiger partial charge in [-0.3, -0.25) is 0 Å². The molecule has 0 aromatic carbocycles. The highest BCUT2D eigenvalue weighted by atomic mass is 16.6. The molecule has 7 heteroatoms. The second-order valence-corrected chi connectivity index (χ2v) is 7.11. The summed E-state index contributed by atoms with van der Waals surface area (Å²) in [7, 11) is 0. The molecule has 1 aliphatic rings. The molecule has 2 aromatic rings. The van der Waals surface area contributed by atoms with Crippen molar-refractivity contribution < 1.29 is 14.6 Å². The highest BCUT2D eigenvalue weighted by molar-refractivity contribution is 5.71. The summed E-state index contributed by atoms with van der Waals surface area (Å²) in [6, 6.07) is 3.71. The number of carbonyl (C=O) groups is 1. The molecule has 1 aliphatic heterocycles. The fourth-order valence-corrected chi connectivity index (χ4v) is 3.12. The molecule has 7 nitrogen and oxygen atoms in total. The second-order valence-electron chi connectivity index (χ2n) is 7.11. The van der Waals surface area contributed by atoms with Gasteiger partial charge in [-0.25, -0.2) is 14.8 Å². The van der Waals surface area contributed by atoms with Gasteiger partial charge >= 0.3 is 6.09 Å². The Morgan fingerprint density at radius 1 is 1.46 bits per heavy atom. The van der Waals surface area contributed by atoms with Gasteiger partial charge in [0.1, 0.15) is 23.5 Å². The first-order chi connectivity index (χ1) is 11.4. The molecule has 1 saturated heterocycles. The van der Waals surface area contributed by atoms with Crippen molar-refractivity contribution in [1.29, 1.82) is 0 Å². The largest absolute Gasteiger partial charge is 0.444 e. The van der Waals surface area contributed by atoms with Gasteiger partial charge < -0.3 is 19.3 Å². The average molecular weight is 332 g/mol. The predicted molar refractivity (Wildman–Crippen MR) is 89.4 cm³/mol. The summed E-state index contributed by atoms with van der Waals surface area (Å²) in [4.78, 5) is 23.0. The van der Waals surface area contributed by atoms with Crippen LogP contribution in [0, 0.1) is 0 Å². The Morgan fingerprint density at radius 3 is 2.96 bits per heavy atom. The van der Waals surface area contributed by atoms with Gasteiger partial charge in [0.15, 0.2) is 5.65 Å². The second kappa shape index (κ2) is 6.39. The molecule has 1 amide bonds. The number of pyridine rings is 1. The molecule has 24 heavy (non-hydrogen) atoms. The number of fused-ring (bicyclic) bond motifs is 1. The molecule has 3 rings (SSSR count). The van der Waals surface area contributed by atoms with Crippen LogP contribution in [0.25, 0.3) is 11.2 Å². The van der Waals surface area contributed by atoms with E-state index in [0.717, 1.165) is 24.0 Å². The Bertz CT molecular complexity index is 735. The zero-order chi connectivity index (χ0) is 17.3. The molecule has 0 bridgehead atoms. The number of imidazole rings is 1. The van der Waals surface area contributed by atoms with Crippen LogP contribution in [-0.4, -0.2) is 48.8 Å². The first kappa shape index (κ1) is 16.7. The molecule has 1 atom stereocenters. The number of hydrogen-bond acceptors (Lipinski definition) is 5. The van der Waals surface area contributed by atoms with E-state index in [9.17, 15) is 9.90 Å². The van der Waals surface area contributed by atoms with Crippen LogP contribution in [0.15, 0.2) is 18.3 Å². The zero-order valence-corrected chi connectivity index (χ0v) is 14.4. The van der Waals surface area contributed by atoms with Gasteiger partial charge in [-0.2, -0.15) is 0 Å². The number of aliphatic hydroxyl groups excluding tert-OH is 1. The van der Waals surface area contributed by atoms with Crippen LogP contribution >= 0.6 is 0 Å². The number of aromatic nitrogens is 3. The van der Waals surface area contributed by atoms with Crippen molar-refractivity contribution in [2.24, 2.45) is 0 Å². The van der Waals surface area contributed by atoms with Crippen molar-refractivity contribution in [2.75, 3.05) is 6.54 Å². The lowest BCUT2D eigenvalue weighted by Gasteiger charge is -2.29. The van der Waals surface area contributed by atoms with Crippen molar-refractivity contribution in [3.63, 3.8) is 0 Å². The summed E-state index contributed by atoms with van der Waals surface area (Å²) in [5.74, 6) is 0.569. The maximum Gasteiger partial charge on any atom is 0.410 e. The molecule has 0 saturated carbocycles. The maximum absolute atomic E-state index is 12.4. The van der Waals surface area contributed by atoms with Crippen molar-refractivity contribution in [3.8, 4) is 0 Å². The number of ether oxygens (including phenoxy) is 1. The molecule has 3 heterocycles. The number of hydrogen-bond donors (Lipinski definition) is 1. The van der Waals surface area contributed by atoms with Crippen molar-refractivity contribution in [2.45, 2.75) is 58.4 Å². The van der Waals surface area contributed by atoms with E-state index in [1.165, 1.54) is 0 Å². The van der Waals surface area contributed by atoms with E-state index in [1.807, 2.05) is 37.5 Å². The van der Waals surface area contributed by atoms with Crippen LogP contribution in [-0.2, 0) is 17.9 Å². The SMILES string of the molecule is CC(C)(C)OC(=O)N1CCC[C@@H]1Cn1c(CO)nc2cccnc21. The molecule has 0 aliphatic carbocycles. The molecule has 2 aromatic heterocycles. The van der Waals surface area contributed by atoms with Crippen molar-refractivity contribution >= 4 is 17.3 Å². The summed E-state index contributed by atoms with van der Waals surface area (Å²) in [6.07, 6.45) is 3.27. The van der Waals surface area contributed by atoms with Crippen LogP contribution in [0.1, 0.15) is 39.4 Å². The van der Waals surface area contributed by atoms with Crippen LogP contribution in [0.4, 0.5) is 4.79 Å². The quantitative estimate of drug-likeness (QED) is 0.933. The lowest BCUT2D eigenvalue weighted by atomic mass is 10.2. The van der Waals surface area contributed by atoms with E-state index >= 15 is 0 Å². The van der Waals surface area contributed by atoms with E-state index < -0.39 is 5.60 Å². The van der Waals surface area contributed by atoms with Gasteiger partial charge in [-0.05, 0) is 45.7 Å². The third-order valence-corrected chi connectivity index (χ3v) is 4.12. The number of amides is 1. The molecule has 0 unspecified atom stereocenters. The van der Waals surface area contributed by atoms with Crippen molar-refractivity contribution in [1.82, 2.24) is 19.4 Å². The highest BCUT2D eigenvalue weighted by Crippen LogP contribution is 2.24. The number of nitrogens with zero attached hydrogens (tertiary/aromatic N) is 4. The Morgan fingerprint density at radius 2 is 2.25 bits per heavy atom. The minimum atomic E-state index is -0.510. The highest BCUT2D eigenvalue weighted by Gasteiger charge is 2.33. The number of aliphatic hydroxyl groups is 1. The smallest absolute Gasteiger partial charge is 0.410 e. The monoisotopic (exact) mass is 332 g/mol. The topological polar surface area (TPSA) is 80.5 Å². The zero-order valence-electron chi connectivity index (χ0n) is 14.4. The fraction of sp³-hybridized carbons (Fsp3) is 0.588. The Labute approximate surface area is 141 Å². The number of carbonyl (C=O) groups excluding carboxylic acids is 1. The lowest BCUT2D eigenvalue weighted by molar-refractivity contribution is 0.0213. The molecule has 130 valence electrons. The first-order valence-electron chi connectivity index (χ1n) is 8.29. The van der Waals surface area contributed by atoms with E-state index in [-0.39, 0.29) is 18.7 Å². The van der Waals surface area contributed by atoms with Gasteiger partial charge in [-0.15, -0.1) is 0 Å². The summed E-state index contributed by atoms with van der Waals surface area (Å²) in [6.45, 7) is 6.69. The molecule has 1 N–H and O–H groups in total. The summed E-state index contributed by atoms with van der Waals surface area (Å²) < 4.78 is 7.42. The fourth-order valence-electron chi connectivity index (χ4n) is 3.12.